The minimum atomic E-state index is 0.0657. The van der Waals surface area contributed by atoms with E-state index < -0.39 is 0 Å². The fourth-order valence-corrected chi connectivity index (χ4v) is 1.43. The SMILES string of the molecule is Nc1cccc(O)c1OCc1ccccc1. The van der Waals surface area contributed by atoms with Crippen molar-refractivity contribution in [2.45, 2.75) is 6.61 Å². The van der Waals surface area contributed by atoms with Crippen LogP contribution in [0.5, 0.6) is 11.5 Å². The molecule has 0 aliphatic carbocycles. The molecule has 0 unspecified atom stereocenters. The van der Waals surface area contributed by atoms with E-state index in [1.54, 1.807) is 18.2 Å². The zero-order valence-electron chi connectivity index (χ0n) is 8.76. The van der Waals surface area contributed by atoms with Crippen molar-refractivity contribution in [3.8, 4) is 11.5 Å². The van der Waals surface area contributed by atoms with Gasteiger partial charge in [-0.25, -0.2) is 0 Å². The fraction of sp³-hybridized carbons (Fsp3) is 0.0769. The molecule has 3 heteroatoms. The van der Waals surface area contributed by atoms with Gasteiger partial charge in [0.1, 0.15) is 6.61 Å². The molecule has 0 atom stereocenters. The average molecular weight is 215 g/mol. The van der Waals surface area contributed by atoms with Crippen LogP contribution in [0.25, 0.3) is 0 Å². The third-order valence-electron chi connectivity index (χ3n) is 2.25. The van der Waals surface area contributed by atoms with E-state index in [-0.39, 0.29) is 5.75 Å². The second-order valence-corrected chi connectivity index (χ2v) is 3.47. The first-order valence-corrected chi connectivity index (χ1v) is 5.01. The molecule has 2 aromatic rings. The van der Waals surface area contributed by atoms with Crippen molar-refractivity contribution in [3.05, 3.63) is 54.1 Å². The number of nitrogen functional groups attached to an aromatic ring is 1. The van der Waals surface area contributed by atoms with E-state index in [9.17, 15) is 5.11 Å². The van der Waals surface area contributed by atoms with Crippen molar-refractivity contribution in [3.63, 3.8) is 0 Å². The van der Waals surface area contributed by atoms with Crippen molar-refractivity contribution in [2.75, 3.05) is 5.73 Å². The number of hydrogen-bond acceptors (Lipinski definition) is 3. The Labute approximate surface area is 94.1 Å². The lowest BCUT2D eigenvalue weighted by atomic mass is 10.2. The first-order valence-electron chi connectivity index (χ1n) is 5.01. The number of phenolic OH excluding ortho intramolecular Hbond substituents is 1. The molecule has 0 aliphatic rings. The Kier molecular flexibility index (Phi) is 2.96. The molecular formula is C13H13NO2. The summed E-state index contributed by atoms with van der Waals surface area (Å²) in [5.74, 6) is 0.405. The largest absolute Gasteiger partial charge is 0.504 e. The Bertz CT molecular complexity index is 448. The van der Waals surface area contributed by atoms with Gasteiger partial charge in [-0.15, -0.1) is 0 Å². The lowest BCUT2D eigenvalue weighted by Crippen LogP contribution is -1.98. The van der Waals surface area contributed by atoms with Crippen LogP contribution in [0.4, 0.5) is 5.69 Å². The summed E-state index contributed by atoms with van der Waals surface area (Å²) in [5, 5.41) is 9.56. The first kappa shape index (κ1) is 10.4. The highest BCUT2D eigenvalue weighted by Gasteiger charge is 2.05. The van der Waals surface area contributed by atoms with Crippen LogP contribution in [0.15, 0.2) is 48.5 Å². The molecule has 0 radical (unpaired) electrons. The van der Waals surface area contributed by atoms with Crippen LogP contribution < -0.4 is 10.5 Å². The molecule has 0 bridgehead atoms. The number of nitrogens with two attached hydrogens (primary N) is 1. The fourth-order valence-electron chi connectivity index (χ4n) is 1.43. The van der Waals surface area contributed by atoms with Crippen molar-refractivity contribution in [2.24, 2.45) is 0 Å². The third-order valence-corrected chi connectivity index (χ3v) is 2.25. The van der Waals surface area contributed by atoms with Crippen molar-refractivity contribution in [1.82, 2.24) is 0 Å². The van der Waals surface area contributed by atoms with Crippen LogP contribution in [0.1, 0.15) is 5.56 Å². The van der Waals surface area contributed by atoms with Crippen molar-refractivity contribution in [1.29, 1.82) is 0 Å². The molecule has 2 aromatic carbocycles. The number of para-hydroxylation sites is 1. The lowest BCUT2D eigenvalue weighted by Gasteiger charge is -2.10. The molecule has 0 aliphatic heterocycles. The number of phenols is 1. The van der Waals surface area contributed by atoms with Crippen molar-refractivity contribution >= 4 is 5.69 Å². The predicted octanol–water partition coefficient (Wildman–Crippen LogP) is 2.55. The Morgan fingerprint density at radius 3 is 2.44 bits per heavy atom. The maximum atomic E-state index is 9.56. The number of benzene rings is 2. The molecule has 0 fully saturated rings. The number of ether oxygens (including phenoxy) is 1. The van der Waals surface area contributed by atoms with Gasteiger partial charge in [-0.2, -0.15) is 0 Å². The quantitative estimate of drug-likeness (QED) is 0.773. The van der Waals surface area contributed by atoms with Gasteiger partial charge in [0.15, 0.2) is 11.5 Å². The molecule has 3 N–H and O–H groups in total. The van der Waals surface area contributed by atoms with E-state index in [2.05, 4.69) is 0 Å². The molecular weight excluding hydrogens is 202 g/mol. The maximum Gasteiger partial charge on any atom is 0.184 e. The molecule has 0 saturated carbocycles. The molecule has 0 amide bonds. The van der Waals surface area contributed by atoms with Crippen LogP contribution in [0.2, 0.25) is 0 Å². The normalized spacial score (nSPS) is 10.0. The monoisotopic (exact) mass is 215 g/mol. The van der Waals surface area contributed by atoms with E-state index in [0.29, 0.717) is 18.0 Å². The highest BCUT2D eigenvalue weighted by Crippen LogP contribution is 2.32. The van der Waals surface area contributed by atoms with Crippen LogP contribution in [-0.2, 0) is 6.61 Å². The van der Waals surface area contributed by atoms with Gasteiger partial charge in [0.2, 0.25) is 0 Å². The topological polar surface area (TPSA) is 55.5 Å². The summed E-state index contributed by atoms with van der Waals surface area (Å²) < 4.78 is 5.48. The van der Waals surface area contributed by atoms with E-state index in [1.165, 1.54) is 0 Å². The third kappa shape index (κ3) is 2.25. The Morgan fingerprint density at radius 1 is 1.00 bits per heavy atom. The first-order chi connectivity index (χ1) is 7.77. The van der Waals surface area contributed by atoms with E-state index >= 15 is 0 Å². The molecule has 0 saturated heterocycles. The second-order valence-electron chi connectivity index (χ2n) is 3.47. The van der Waals surface area contributed by atoms with Crippen LogP contribution >= 0.6 is 0 Å². The van der Waals surface area contributed by atoms with E-state index in [1.807, 2.05) is 30.3 Å². The molecule has 2 rings (SSSR count). The molecule has 0 spiro atoms. The van der Waals surface area contributed by atoms with E-state index in [4.69, 9.17) is 10.5 Å². The van der Waals surface area contributed by atoms with Gasteiger partial charge in [-0.3, -0.25) is 0 Å². The zero-order valence-corrected chi connectivity index (χ0v) is 8.76. The van der Waals surface area contributed by atoms with Gasteiger partial charge in [-0.1, -0.05) is 36.4 Å². The van der Waals surface area contributed by atoms with Crippen LogP contribution in [-0.4, -0.2) is 5.11 Å². The summed E-state index contributed by atoms with van der Waals surface area (Å²) in [7, 11) is 0. The summed E-state index contributed by atoms with van der Waals surface area (Å²) in [6.07, 6.45) is 0. The molecule has 0 aromatic heterocycles. The van der Waals surface area contributed by atoms with E-state index in [0.717, 1.165) is 5.56 Å². The molecule has 3 nitrogen and oxygen atoms in total. The summed E-state index contributed by atoms with van der Waals surface area (Å²) >= 11 is 0. The maximum absolute atomic E-state index is 9.56. The number of rotatable bonds is 3. The van der Waals surface area contributed by atoms with Gasteiger partial charge >= 0.3 is 0 Å². The van der Waals surface area contributed by atoms with Gasteiger partial charge < -0.3 is 15.6 Å². The molecule has 16 heavy (non-hydrogen) atoms. The summed E-state index contributed by atoms with van der Waals surface area (Å²) in [5.41, 5.74) is 7.17. The number of hydrogen-bond donors (Lipinski definition) is 2. The predicted molar refractivity (Wildman–Crippen MR) is 63.3 cm³/mol. The van der Waals surface area contributed by atoms with Crippen LogP contribution in [0.3, 0.4) is 0 Å². The van der Waals surface area contributed by atoms with Gasteiger partial charge in [0.05, 0.1) is 5.69 Å². The summed E-state index contributed by atoms with van der Waals surface area (Å²) in [4.78, 5) is 0. The molecule has 0 heterocycles. The lowest BCUT2D eigenvalue weighted by molar-refractivity contribution is 0.291. The summed E-state index contributed by atoms with van der Waals surface area (Å²) in [6, 6.07) is 14.7. The van der Waals surface area contributed by atoms with Crippen LogP contribution in [0, 0.1) is 0 Å². The average Bonchev–Trinajstić information content (AvgIpc) is 2.30. The van der Waals surface area contributed by atoms with Crippen molar-refractivity contribution < 1.29 is 9.84 Å². The Hall–Kier alpha value is -2.16. The Balaban J connectivity index is 2.11. The molecule has 82 valence electrons. The van der Waals surface area contributed by atoms with Gasteiger partial charge in [0.25, 0.3) is 0 Å². The highest BCUT2D eigenvalue weighted by molar-refractivity contribution is 5.59. The highest BCUT2D eigenvalue weighted by atomic mass is 16.5. The smallest absolute Gasteiger partial charge is 0.184 e. The minimum Gasteiger partial charge on any atom is -0.504 e. The van der Waals surface area contributed by atoms with Gasteiger partial charge in [0, 0.05) is 0 Å². The summed E-state index contributed by atoms with van der Waals surface area (Å²) in [6.45, 7) is 0.391. The van der Waals surface area contributed by atoms with Gasteiger partial charge in [-0.05, 0) is 17.7 Å². The number of anilines is 1. The number of aromatic hydroxyl groups is 1. The zero-order chi connectivity index (χ0) is 11.4. The minimum absolute atomic E-state index is 0.0657. The Morgan fingerprint density at radius 2 is 1.75 bits per heavy atom. The standard InChI is InChI=1S/C13H13NO2/c14-11-7-4-8-12(15)13(11)16-9-10-5-2-1-3-6-10/h1-8,15H,9,14H2. The second kappa shape index (κ2) is 4.57.